The Kier molecular flexibility index (Phi) is 6.99. The second kappa shape index (κ2) is 9.86. The Hall–Kier alpha value is -3.72. The zero-order valence-electron chi connectivity index (χ0n) is 16.9. The number of esters is 1. The van der Waals surface area contributed by atoms with Gasteiger partial charge in [0.05, 0.1) is 19.6 Å². The average molecular weight is 426 g/mol. The Bertz CT molecular complexity index is 1060. The molecule has 0 spiro atoms. The number of aromatic nitrogens is 4. The van der Waals surface area contributed by atoms with Gasteiger partial charge in [0, 0.05) is 12.6 Å². The molecule has 0 saturated carbocycles. The fourth-order valence-electron chi connectivity index (χ4n) is 2.97. The summed E-state index contributed by atoms with van der Waals surface area (Å²) < 4.78 is 33.1. The summed E-state index contributed by atoms with van der Waals surface area (Å²) in [6.45, 7) is 0. The number of aliphatic hydroxyl groups excluding tert-OH is 1. The quantitative estimate of drug-likeness (QED) is 0.462. The maximum Gasteiger partial charge on any atom is 0.308 e. The number of ether oxygens (including phenoxy) is 1. The number of carbonyl (C=O) groups is 1. The van der Waals surface area contributed by atoms with Crippen molar-refractivity contribution in [3.8, 4) is 0 Å². The number of hydrogen-bond donors (Lipinski definition) is 1. The summed E-state index contributed by atoms with van der Waals surface area (Å²) in [6, 6.07) is 11.5. The topological polar surface area (TPSA) is 90.1 Å². The van der Waals surface area contributed by atoms with E-state index in [1.54, 1.807) is 37.4 Å². The smallest absolute Gasteiger partial charge is 0.308 e. The zero-order chi connectivity index (χ0) is 22.4. The standard InChI is InChI=1S/C22H20F2N4O3/c1-28-22(25-26-27-28)19(12-11-18(29)13-20(30)31-2)21(14-3-7-16(23)8-4-14)15-5-9-17(24)10-6-15/h3-12,18,29H,13H2,1-2H3/t18-/m1/s1. The summed E-state index contributed by atoms with van der Waals surface area (Å²) >= 11 is 0. The number of nitrogens with zero attached hydrogens (tertiary/aromatic N) is 4. The third-order valence-corrected chi connectivity index (χ3v) is 4.48. The molecule has 3 rings (SSSR count). The van der Waals surface area contributed by atoms with Crippen molar-refractivity contribution in [2.24, 2.45) is 7.05 Å². The molecule has 0 unspecified atom stereocenters. The number of tetrazole rings is 1. The van der Waals surface area contributed by atoms with Crippen molar-refractivity contribution < 1.29 is 23.4 Å². The number of aryl methyl sites for hydroxylation is 1. The van der Waals surface area contributed by atoms with E-state index in [-0.39, 0.29) is 6.42 Å². The molecule has 7 nitrogen and oxygen atoms in total. The lowest BCUT2D eigenvalue weighted by Gasteiger charge is -2.14. The second-order valence-corrected chi connectivity index (χ2v) is 6.64. The number of aliphatic hydroxyl groups is 1. The molecular weight excluding hydrogens is 406 g/mol. The van der Waals surface area contributed by atoms with Crippen LogP contribution in [0.15, 0.2) is 60.7 Å². The van der Waals surface area contributed by atoms with Gasteiger partial charge < -0.3 is 9.84 Å². The third kappa shape index (κ3) is 5.46. The number of rotatable bonds is 7. The van der Waals surface area contributed by atoms with E-state index in [0.717, 1.165) is 0 Å². The molecule has 0 aliphatic heterocycles. The molecule has 1 N–H and O–H groups in total. The van der Waals surface area contributed by atoms with Gasteiger partial charge in [-0.25, -0.2) is 13.5 Å². The van der Waals surface area contributed by atoms with Crippen LogP contribution in [0.2, 0.25) is 0 Å². The van der Waals surface area contributed by atoms with Crippen molar-refractivity contribution >= 4 is 17.1 Å². The first-order valence-corrected chi connectivity index (χ1v) is 9.31. The molecule has 2 aromatic carbocycles. The fraction of sp³-hybridized carbons (Fsp3) is 0.182. The number of methoxy groups -OCH3 is 1. The summed E-state index contributed by atoms with van der Waals surface area (Å²) in [5, 5.41) is 21.8. The van der Waals surface area contributed by atoms with Crippen LogP contribution in [0.4, 0.5) is 8.78 Å². The number of allylic oxidation sites excluding steroid dienone is 2. The maximum absolute atomic E-state index is 13.6. The summed E-state index contributed by atoms with van der Waals surface area (Å²) in [5.41, 5.74) is 2.31. The van der Waals surface area contributed by atoms with E-state index in [4.69, 9.17) is 0 Å². The van der Waals surface area contributed by atoms with Crippen LogP contribution in [0.1, 0.15) is 23.4 Å². The van der Waals surface area contributed by atoms with Gasteiger partial charge in [-0.15, -0.1) is 5.10 Å². The summed E-state index contributed by atoms with van der Waals surface area (Å²) in [7, 11) is 2.87. The summed E-state index contributed by atoms with van der Waals surface area (Å²) in [6.07, 6.45) is 1.63. The van der Waals surface area contributed by atoms with Crippen molar-refractivity contribution in [1.82, 2.24) is 20.2 Å². The van der Waals surface area contributed by atoms with Crippen molar-refractivity contribution in [3.63, 3.8) is 0 Å². The van der Waals surface area contributed by atoms with E-state index in [0.29, 0.717) is 28.1 Å². The molecule has 3 aromatic rings. The van der Waals surface area contributed by atoms with Crippen LogP contribution in [0.3, 0.4) is 0 Å². The molecule has 0 radical (unpaired) electrons. The number of benzene rings is 2. The number of halogens is 2. The first-order chi connectivity index (χ1) is 14.9. The predicted molar refractivity (Wildman–Crippen MR) is 109 cm³/mol. The molecule has 0 bridgehead atoms. The van der Waals surface area contributed by atoms with Gasteiger partial charge in [0.25, 0.3) is 0 Å². The van der Waals surface area contributed by atoms with E-state index in [9.17, 15) is 18.7 Å². The molecule has 1 aromatic heterocycles. The van der Waals surface area contributed by atoms with Crippen LogP contribution in [-0.4, -0.2) is 44.5 Å². The highest BCUT2D eigenvalue weighted by Crippen LogP contribution is 2.32. The molecule has 160 valence electrons. The minimum Gasteiger partial charge on any atom is -0.469 e. The SMILES string of the molecule is COC(=O)C[C@H](O)C=CC(=C(c1ccc(F)cc1)c1ccc(F)cc1)c1nnnn1C. The average Bonchev–Trinajstić information content (AvgIpc) is 3.18. The number of hydrogen-bond acceptors (Lipinski definition) is 6. The second-order valence-electron chi connectivity index (χ2n) is 6.64. The molecule has 0 aliphatic rings. The van der Waals surface area contributed by atoms with E-state index >= 15 is 0 Å². The predicted octanol–water partition coefficient (Wildman–Crippen LogP) is 2.93. The fourth-order valence-corrected chi connectivity index (χ4v) is 2.97. The lowest BCUT2D eigenvalue weighted by molar-refractivity contribution is -0.142. The molecule has 9 heteroatoms. The largest absolute Gasteiger partial charge is 0.469 e. The van der Waals surface area contributed by atoms with Gasteiger partial charge in [0.2, 0.25) is 0 Å². The maximum atomic E-state index is 13.6. The molecule has 0 fully saturated rings. The van der Waals surface area contributed by atoms with Crippen LogP contribution >= 0.6 is 0 Å². The Morgan fingerprint density at radius 2 is 1.65 bits per heavy atom. The molecule has 1 heterocycles. The minimum atomic E-state index is -1.12. The van der Waals surface area contributed by atoms with Crippen LogP contribution in [-0.2, 0) is 16.6 Å². The molecule has 0 aliphatic carbocycles. The Morgan fingerprint density at radius 1 is 1.10 bits per heavy atom. The van der Waals surface area contributed by atoms with Crippen molar-refractivity contribution in [1.29, 1.82) is 0 Å². The molecule has 0 amide bonds. The molecule has 1 atom stereocenters. The Morgan fingerprint density at radius 3 is 2.10 bits per heavy atom. The van der Waals surface area contributed by atoms with Gasteiger partial charge >= 0.3 is 5.97 Å². The molecular formula is C22H20F2N4O3. The van der Waals surface area contributed by atoms with Crippen molar-refractivity contribution in [3.05, 3.63) is 89.3 Å². The molecule has 0 saturated heterocycles. The van der Waals surface area contributed by atoms with E-state index < -0.39 is 23.7 Å². The van der Waals surface area contributed by atoms with Gasteiger partial charge in [-0.3, -0.25) is 4.79 Å². The Balaban J connectivity index is 2.22. The highest BCUT2D eigenvalue weighted by molar-refractivity contribution is 6.00. The summed E-state index contributed by atoms with van der Waals surface area (Å²) in [5.74, 6) is -1.04. The van der Waals surface area contributed by atoms with Crippen LogP contribution in [0.25, 0.3) is 11.1 Å². The lowest BCUT2D eigenvalue weighted by atomic mass is 9.92. The van der Waals surface area contributed by atoms with E-state index in [1.165, 1.54) is 42.1 Å². The van der Waals surface area contributed by atoms with E-state index in [2.05, 4.69) is 20.3 Å². The van der Waals surface area contributed by atoms with Gasteiger partial charge in [0.15, 0.2) is 5.82 Å². The minimum absolute atomic E-state index is 0.236. The first-order valence-electron chi connectivity index (χ1n) is 9.31. The normalized spacial score (nSPS) is 12.0. The van der Waals surface area contributed by atoms with E-state index in [1.807, 2.05) is 0 Å². The third-order valence-electron chi connectivity index (χ3n) is 4.48. The highest BCUT2D eigenvalue weighted by Gasteiger charge is 2.18. The van der Waals surface area contributed by atoms with Gasteiger partial charge in [-0.05, 0) is 51.4 Å². The molecule has 31 heavy (non-hydrogen) atoms. The van der Waals surface area contributed by atoms with Gasteiger partial charge in [-0.1, -0.05) is 36.4 Å². The highest BCUT2D eigenvalue weighted by atomic mass is 19.1. The van der Waals surface area contributed by atoms with Crippen LogP contribution in [0.5, 0.6) is 0 Å². The Labute approximate surface area is 177 Å². The van der Waals surface area contributed by atoms with Gasteiger partial charge in [-0.2, -0.15) is 0 Å². The lowest BCUT2D eigenvalue weighted by Crippen LogP contribution is -2.12. The van der Waals surface area contributed by atoms with Crippen molar-refractivity contribution in [2.75, 3.05) is 7.11 Å². The monoisotopic (exact) mass is 426 g/mol. The van der Waals surface area contributed by atoms with Crippen LogP contribution in [0, 0.1) is 11.6 Å². The van der Waals surface area contributed by atoms with Gasteiger partial charge in [0.1, 0.15) is 11.6 Å². The first kappa shape index (κ1) is 22.0. The zero-order valence-corrected chi connectivity index (χ0v) is 16.9. The van der Waals surface area contributed by atoms with Crippen LogP contribution < -0.4 is 0 Å². The van der Waals surface area contributed by atoms with Crippen molar-refractivity contribution in [2.45, 2.75) is 12.5 Å². The number of carbonyl (C=O) groups excluding carboxylic acids is 1. The summed E-state index contributed by atoms with van der Waals surface area (Å²) in [4.78, 5) is 11.5.